The van der Waals surface area contributed by atoms with Crippen LogP contribution in [0.5, 0.6) is 0 Å². The van der Waals surface area contributed by atoms with E-state index in [4.69, 9.17) is 0 Å². The van der Waals surface area contributed by atoms with Crippen molar-refractivity contribution in [3.05, 3.63) is 0 Å². The molecule has 1 amide bonds. The van der Waals surface area contributed by atoms with E-state index in [0.717, 1.165) is 19.3 Å². The van der Waals surface area contributed by atoms with E-state index >= 15 is 0 Å². The minimum atomic E-state index is -1.12. The van der Waals surface area contributed by atoms with Crippen molar-refractivity contribution in [1.82, 2.24) is 5.32 Å². The molecule has 5 nitrogen and oxygen atoms in total. The molecule has 0 aliphatic rings. The monoisotopic (exact) mass is 387 g/mol. The lowest BCUT2D eigenvalue weighted by molar-refractivity contribution is -0.124. The fourth-order valence-corrected chi connectivity index (χ4v) is 3.38. The summed E-state index contributed by atoms with van der Waals surface area (Å²) in [5.74, 6) is -0.201. The fraction of sp³-hybridized carbons (Fsp3) is 0.955. The summed E-state index contributed by atoms with van der Waals surface area (Å²) in [4.78, 5) is 11.6. The fourth-order valence-electron chi connectivity index (χ4n) is 3.38. The molecular formula is C22H45NO4. The zero-order valence-electron chi connectivity index (χ0n) is 17.8. The lowest BCUT2D eigenvalue weighted by Crippen LogP contribution is -2.50. The molecule has 0 fully saturated rings. The Hall–Kier alpha value is -0.650. The van der Waals surface area contributed by atoms with Crippen molar-refractivity contribution in [3.8, 4) is 0 Å². The van der Waals surface area contributed by atoms with Gasteiger partial charge in [0.1, 0.15) is 6.10 Å². The molecule has 0 radical (unpaired) electrons. The Kier molecular flexibility index (Phi) is 18.3. The van der Waals surface area contributed by atoms with Crippen molar-refractivity contribution in [2.75, 3.05) is 6.61 Å². The molecule has 27 heavy (non-hydrogen) atoms. The van der Waals surface area contributed by atoms with Crippen LogP contribution in [0.1, 0.15) is 110 Å². The quantitative estimate of drug-likeness (QED) is 0.251. The number of hydrogen-bond acceptors (Lipinski definition) is 4. The first kappa shape index (κ1) is 26.4. The molecule has 162 valence electrons. The average molecular weight is 388 g/mol. The molecule has 0 aromatic heterocycles. The van der Waals surface area contributed by atoms with Crippen molar-refractivity contribution < 1.29 is 20.1 Å². The normalized spacial score (nSPS) is 14.7. The Bertz CT molecular complexity index is 338. The van der Waals surface area contributed by atoms with Gasteiger partial charge in [-0.15, -0.1) is 0 Å². The summed E-state index contributed by atoms with van der Waals surface area (Å²) in [6, 6.07) is -0.795. The van der Waals surface area contributed by atoms with Gasteiger partial charge in [0.2, 0.25) is 5.91 Å². The van der Waals surface area contributed by atoms with Crippen LogP contribution in [0, 0.1) is 0 Å². The largest absolute Gasteiger partial charge is 0.394 e. The van der Waals surface area contributed by atoms with E-state index in [9.17, 15) is 20.1 Å². The van der Waals surface area contributed by atoms with E-state index < -0.39 is 18.2 Å². The summed E-state index contributed by atoms with van der Waals surface area (Å²) in [5.41, 5.74) is 0. The molecule has 5 heteroatoms. The minimum Gasteiger partial charge on any atom is -0.394 e. The van der Waals surface area contributed by atoms with Gasteiger partial charge in [0, 0.05) is 6.42 Å². The molecular weight excluding hydrogens is 342 g/mol. The summed E-state index contributed by atoms with van der Waals surface area (Å²) in [6.45, 7) is 3.77. The smallest absolute Gasteiger partial charge is 0.220 e. The summed E-state index contributed by atoms with van der Waals surface area (Å²) < 4.78 is 0. The molecule has 0 saturated carbocycles. The van der Waals surface area contributed by atoms with Crippen LogP contribution in [0.15, 0.2) is 0 Å². The Labute approximate surface area is 166 Å². The van der Waals surface area contributed by atoms with Crippen molar-refractivity contribution in [2.24, 2.45) is 0 Å². The van der Waals surface area contributed by atoms with Gasteiger partial charge in [-0.2, -0.15) is 0 Å². The van der Waals surface area contributed by atoms with E-state index in [1.165, 1.54) is 57.8 Å². The third-order valence-electron chi connectivity index (χ3n) is 5.18. The highest BCUT2D eigenvalue weighted by Crippen LogP contribution is 2.14. The minimum absolute atomic E-state index is 0.201. The number of aliphatic hydroxyl groups excluding tert-OH is 3. The van der Waals surface area contributed by atoms with Crippen molar-refractivity contribution >= 4 is 5.91 Å². The van der Waals surface area contributed by atoms with E-state index in [1.54, 1.807) is 0 Å². The van der Waals surface area contributed by atoms with Crippen LogP contribution in [0.3, 0.4) is 0 Å². The van der Waals surface area contributed by atoms with Crippen LogP contribution in [0.4, 0.5) is 0 Å². The lowest BCUT2D eigenvalue weighted by atomic mass is 9.99. The molecule has 0 saturated heterocycles. The van der Waals surface area contributed by atoms with E-state index in [0.29, 0.717) is 19.3 Å². The van der Waals surface area contributed by atoms with Gasteiger partial charge in [0.25, 0.3) is 0 Å². The molecule has 0 rings (SSSR count). The molecule has 0 bridgehead atoms. The van der Waals surface area contributed by atoms with Crippen LogP contribution in [0.2, 0.25) is 0 Å². The highest BCUT2D eigenvalue weighted by atomic mass is 16.3. The van der Waals surface area contributed by atoms with Gasteiger partial charge in [0.15, 0.2) is 0 Å². The van der Waals surface area contributed by atoms with Gasteiger partial charge in [0.05, 0.1) is 18.8 Å². The zero-order chi connectivity index (χ0) is 20.3. The molecule has 0 aromatic carbocycles. The summed E-state index contributed by atoms with van der Waals surface area (Å²) >= 11 is 0. The van der Waals surface area contributed by atoms with Crippen LogP contribution in [0.25, 0.3) is 0 Å². The lowest BCUT2D eigenvalue weighted by Gasteiger charge is -2.26. The van der Waals surface area contributed by atoms with E-state index in [1.807, 2.05) is 6.92 Å². The zero-order valence-corrected chi connectivity index (χ0v) is 17.8. The molecule has 0 aliphatic heterocycles. The Balaban J connectivity index is 3.65. The van der Waals surface area contributed by atoms with Crippen molar-refractivity contribution in [3.63, 3.8) is 0 Å². The number of nitrogens with one attached hydrogen (secondary N) is 1. The maximum absolute atomic E-state index is 11.6. The van der Waals surface area contributed by atoms with Crippen LogP contribution < -0.4 is 5.32 Å². The van der Waals surface area contributed by atoms with Crippen molar-refractivity contribution in [1.29, 1.82) is 0 Å². The number of amides is 1. The van der Waals surface area contributed by atoms with E-state index in [-0.39, 0.29) is 12.5 Å². The molecule has 4 N–H and O–H groups in total. The van der Waals surface area contributed by atoms with Crippen LogP contribution >= 0.6 is 0 Å². The summed E-state index contributed by atoms with van der Waals surface area (Å²) in [6.07, 6.45) is 14.6. The maximum atomic E-state index is 11.6. The topological polar surface area (TPSA) is 89.8 Å². The third kappa shape index (κ3) is 15.0. The van der Waals surface area contributed by atoms with Gasteiger partial charge >= 0.3 is 0 Å². The maximum Gasteiger partial charge on any atom is 0.220 e. The standard InChI is InChI=1S/C22H45NO4/c1-3-5-6-7-8-9-10-11-12-13-14-15-17-20(25)22(27)19(18-24)23-21(26)16-4-2/h19-20,22,24-25,27H,3-18H2,1-2H3,(H,23,26). The van der Waals surface area contributed by atoms with Gasteiger partial charge in [-0.25, -0.2) is 0 Å². The highest BCUT2D eigenvalue weighted by Gasteiger charge is 2.26. The molecule has 0 aromatic rings. The van der Waals surface area contributed by atoms with Crippen LogP contribution in [-0.4, -0.2) is 46.1 Å². The van der Waals surface area contributed by atoms with Gasteiger partial charge in [-0.3, -0.25) is 4.79 Å². The average Bonchev–Trinajstić information content (AvgIpc) is 2.66. The summed E-state index contributed by atoms with van der Waals surface area (Å²) in [7, 11) is 0. The van der Waals surface area contributed by atoms with Gasteiger partial charge in [-0.1, -0.05) is 90.9 Å². The number of carbonyl (C=O) groups excluding carboxylic acids is 1. The Morgan fingerprint density at radius 3 is 1.70 bits per heavy atom. The summed E-state index contributed by atoms with van der Waals surface area (Å²) in [5, 5.41) is 32.2. The highest BCUT2D eigenvalue weighted by molar-refractivity contribution is 5.76. The molecule has 3 atom stereocenters. The SMILES string of the molecule is CCCCCCCCCCCCCCC(O)C(O)C(CO)NC(=O)CCC. The molecule has 0 spiro atoms. The van der Waals surface area contributed by atoms with E-state index in [2.05, 4.69) is 12.2 Å². The third-order valence-corrected chi connectivity index (χ3v) is 5.18. The predicted molar refractivity (Wildman–Crippen MR) is 112 cm³/mol. The Morgan fingerprint density at radius 1 is 0.778 bits per heavy atom. The number of hydrogen-bond donors (Lipinski definition) is 4. The molecule has 0 aliphatic carbocycles. The molecule has 0 heterocycles. The van der Waals surface area contributed by atoms with Gasteiger partial charge < -0.3 is 20.6 Å². The second-order valence-electron chi connectivity index (χ2n) is 7.84. The number of rotatable bonds is 19. The van der Waals surface area contributed by atoms with Crippen LogP contribution in [-0.2, 0) is 4.79 Å². The first-order valence-electron chi connectivity index (χ1n) is 11.3. The first-order chi connectivity index (χ1) is 13.1. The molecule has 3 unspecified atom stereocenters. The number of aliphatic hydroxyl groups is 3. The predicted octanol–water partition coefficient (Wildman–Crippen LogP) is 4.08. The van der Waals surface area contributed by atoms with Gasteiger partial charge in [-0.05, 0) is 12.8 Å². The second kappa shape index (κ2) is 18.7. The number of unbranched alkanes of at least 4 members (excludes halogenated alkanes) is 11. The second-order valence-corrected chi connectivity index (χ2v) is 7.84. The van der Waals surface area contributed by atoms with Crippen molar-refractivity contribution in [2.45, 2.75) is 128 Å². The first-order valence-corrected chi connectivity index (χ1v) is 11.3. The number of carbonyl (C=O) groups is 1. The Morgan fingerprint density at radius 2 is 1.26 bits per heavy atom.